The highest BCUT2D eigenvalue weighted by atomic mass is 15.1. The molecule has 8 heteroatoms. The standard InChI is InChI=1S/C31H24N8/c1-2-4-20(5-3-1)16-33-17-21-14-23(19-34-18-21)25-6-7-27-30(37-25)31(39-38-27)28-15-24-26(36-28)10-13-35-29(24)22-8-11-32-12-9-22/h1-15,18-19,33,36H,16-17H2,(H,38,39). The number of nitrogens with zero attached hydrogens (tertiary/aromatic N) is 5. The average molecular weight is 509 g/mol. The monoisotopic (exact) mass is 508 g/mol. The molecule has 0 fully saturated rings. The Balaban J connectivity index is 1.20. The van der Waals surface area contributed by atoms with Gasteiger partial charge >= 0.3 is 0 Å². The molecule has 6 heterocycles. The lowest BCUT2D eigenvalue weighted by atomic mass is 10.1. The van der Waals surface area contributed by atoms with Gasteiger partial charge in [-0.2, -0.15) is 5.10 Å². The number of pyridine rings is 4. The normalized spacial score (nSPS) is 11.4. The van der Waals surface area contributed by atoms with Crippen molar-refractivity contribution >= 4 is 21.9 Å². The lowest BCUT2D eigenvalue weighted by Gasteiger charge is -2.07. The number of fused-ring (bicyclic) bond motifs is 2. The zero-order valence-electron chi connectivity index (χ0n) is 21.0. The second-order valence-corrected chi connectivity index (χ2v) is 9.38. The van der Waals surface area contributed by atoms with Crippen LogP contribution in [0, 0.1) is 0 Å². The number of nitrogens with one attached hydrogen (secondary N) is 3. The summed E-state index contributed by atoms with van der Waals surface area (Å²) in [7, 11) is 0. The first kappa shape index (κ1) is 22.9. The van der Waals surface area contributed by atoms with Crippen molar-refractivity contribution in [2.45, 2.75) is 13.1 Å². The topological polar surface area (TPSA) is 108 Å². The molecule has 0 unspecified atom stereocenters. The predicted octanol–water partition coefficient (Wildman–Crippen LogP) is 5.92. The van der Waals surface area contributed by atoms with Crippen molar-refractivity contribution in [3.05, 3.63) is 115 Å². The van der Waals surface area contributed by atoms with Crippen LogP contribution in [0.4, 0.5) is 0 Å². The maximum atomic E-state index is 5.00. The zero-order chi connectivity index (χ0) is 26.0. The molecule has 8 nitrogen and oxygen atoms in total. The molecule has 0 aliphatic rings. The Kier molecular flexibility index (Phi) is 5.84. The highest BCUT2D eigenvalue weighted by molar-refractivity contribution is 5.99. The van der Waals surface area contributed by atoms with E-state index >= 15 is 0 Å². The maximum absolute atomic E-state index is 5.00. The third-order valence-electron chi connectivity index (χ3n) is 6.76. The molecule has 0 aliphatic heterocycles. The molecule has 0 atom stereocenters. The van der Waals surface area contributed by atoms with E-state index in [-0.39, 0.29) is 0 Å². The van der Waals surface area contributed by atoms with Gasteiger partial charge < -0.3 is 10.3 Å². The fraction of sp³-hybridized carbons (Fsp3) is 0.0645. The predicted molar refractivity (Wildman–Crippen MR) is 152 cm³/mol. The van der Waals surface area contributed by atoms with Crippen LogP contribution in [0.5, 0.6) is 0 Å². The van der Waals surface area contributed by atoms with Crippen molar-refractivity contribution in [3.63, 3.8) is 0 Å². The molecular formula is C31H24N8. The summed E-state index contributed by atoms with van der Waals surface area (Å²) in [5.41, 5.74) is 10.4. The summed E-state index contributed by atoms with van der Waals surface area (Å²) in [6, 6.07) is 24.5. The van der Waals surface area contributed by atoms with Gasteiger partial charge in [-0.25, -0.2) is 4.98 Å². The van der Waals surface area contributed by atoms with Gasteiger partial charge in [-0.3, -0.25) is 20.1 Å². The number of aromatic nitrogens is 7. The SMILES string of the molecule is c1ccc(CNCc2cncc(-c3ccc4[nH]nc(-c5cc6c(-c7ccncc7)nccc6[nH]5)c4n3)c2)cc1. The van der Waals surface area contributed by atoms with Crippen LogP contribution in [0.15, 0.2) is 104 Å². The van der Waals surface area contributed by atoms with Crippen LogP contribution in [0.1, 0.15) is 11.1 Å². The van der Waals surface area contributed by atoms with Crippen LogP contribution in [0.2, 0.25) is 0 Å². The van der Waals surface area contributed by atoms with E-state index in [0.717, 1.165) is 74.5 Å². The minimum atomic E-state index is 0.720. The molecule has 0 saturated heterocycles. The number of rotatable bonds is 7. The quantitative estimate of drug-likeness (QED) is 0.247. The number of benzene rings is 1. The minimum Gasteiger partial charge on any atom is -0.353 e. The summed E-state index contributed by atoms with van der Waals surface area (Å²) in [5.74, 6) is 0. The van der Waals surface area contributed by atoms with E-state index in [4.69, 9.17) is 4.98 Å². The van der Waals surface area contributed by atoms with Gasteiger partial charge in [0.15, 0.2) is 0 Å². The Morgan fingerprint density at radius 1 is 0.692 bits per heavy atom. The van der Waals surface area contributed by atoms with E-state index in [9.17, 15) is 0 Å². The van der Waals surface area contributed by atoms with Crippen molar-refractivity contribution in [1.82, 2.24) is 40.4 Å². The summed E-state index contributed by atoms with van der Waals surface area (Å²) in [6.45, 7) is 1.52. The maximum Gasteiger partial charge on any atom is 0.135 e. The van der Waals surface area contributed by atoms with Gasteiger partial charge in [0.2, 0.25) is 0 Å². The minimum absolute atomic E-state index is 0.720. The molecule has 3 N–H and O–H groups in total. The molecule has 0 bridgehead atoms. The largest absolute Gasteiger partial charge is 0.353 e. The van der Waals surface area contributed by atoms with Gasteiger partial charge in [0.05, 0.1) is 22.6 Å². The first-order valence-electron chi connectivity index (χ1n) is 12.7. The molecule has 0 saturated carbocycles. The summed E-state index contributed by atoms with van der Waals surface area (Å²) >= 11 is 0. The van der Waals surface area contributed by atoms with Gasteiger partial charge in [-0.15, -0.1) is 0 Å². The molecule has 0 radical (unpaired) electrons. The summed E-state index contributed by atoms with van der Waals surface area (Å²) in [6.07, 6.45) is 9.11. The highest BCUT2D eigenvalue weighted by Crippen LogP contribution is 2.33. The molecule has 0 spiro atoms. The summed E-state index contributed by atoms with van der Waals surface area (Å²) in [5, 5.41) is 12.3. The lowest BCUT2D eigenvalue weighted by molar-refractivity contribution is 0.691. The lowest BCUT2D eigenvalue weighted by Crippen LogP contribution is -2.12. The molecule has 0 aliphatic carbocycles. The number of hydrogen-bond donors (Lipinski definition) is 3. The van der Waals surface area contributed by atoms with Crippen LogP contribution in [-0.4, -0.2) is 35.1 Å². The zero-order valence-corrected chi connectivity index (χ0v) is 21.0. The van der Waals surface area contributed by atoms with E-state index in [2.05, 4.69) is 71.8 Å². The third kappa shape index (κ3) is 4.54. The second kappa shape index (κ2) is 9.92. The highest BCUT2D eigenvalue weighted by Gasteiger charge is 2.16. The number of hydrogen-bond acceptors (Lipinski definition) is 6. The first-order valence-corrected chi connectivity index (χ1v) is 12.7. The Morgan fingerprint density at radius 2 is 1.56 bits per heavy atom. The van der Waals surface area contributed by atoms with Crippen molar-refractivity contribution in [3.8, 4) is 33.9 Å². The van der Waals surface area contributed by atoms with E-state index in [1.54, 1.807) is 12.4 Å². The fourth-order valence-electron chi connectivity index (χ4n) is 4.84. The Morgan fingerprint density at radius 3 is 2.46 bits per heavy atom. The Hall–Kier alpha value is -5.21. The molecule has 1 aromatic carbocycles. The molecule has 7 rings (SSSR count). The Labute approximate surface area is 224 Å². The first-order chi connectivity index (χ1) is 19.3. The summed E-state index contributed by atoms with van der Waals surface area (Å²) in [4.78, 5) is 21.8. The molecule has 0 amide bonds. The van der Waals surface area contributed by atoms with Crippen molar-refractivity contribution in [2.75, 3.05) is 0 Å². The number of aromatic amines is 2. The van der Waals surface area contributed by atoms with Gasteiger partial charge in [0.1, 0.15) is 11.2 Å². The molecule has 188 valence electrons. The molecule has 39 heavy (non-hydrogen) atoms. The van der Waals surface area contributed by atoms with Gasteiger partial charge in [-0.05, 0) is 53.6 Å². The Bertz CT molecular complexity index is 1890. The van der Waals surface area contributed by atoms with E-state index < -0.39 is 0 Å². The van der Waals surface area contributed by atoms with Gasteiger partial charge in [0.25, 0.3) is 0 Å². The van der Waals surface area contributed by atoms with Gasteiger partial charge in [-0.1, -0.05) is 30.3 Å². The number of H-pyrrole nitrogens is 2. The van der Waals surface area contributed by atoms with Crippen LogP contribution in [0.25, 0.3) is 55.8 Å². The smallest absolute Gasteiger partial charge is 0.135 e. The summed E-state index contributed by atoms with van der Waals surface area (Å²) < 4.78 is 0. The van der Waals surface area contributed by atoms with Crippen LogP contribution in [-0.2, 0) is 13.1 Å². The van der Waals surface area contributed by atoms with Crippen LogP contribution >= 0.6 is 0 Å². The molecule has 6 aromatic heterocycles. The van der Waals surface area contributed by atoms with E-state index in [1.807, 2.05) is 55.0 Å². The average Bonchev–Trinajstić information content (AvgIpc) is 3.62. The van der Waals surface area contributed by atoms with Crippen molar-refractivity contribution < 1.29 is 0 Å². The van der Waals surface area contributed by atoms with Crippen molar-refractivity contribution in [1.29, 1.82) is 0 Å². The van der Waals surface area contributed by atoms with Crippen LogP contribution < -0.4 is 5.32 Å². The van der Waals surface area contributed by atoms with Crippen LogP contribution in [0.3, 0.4) is 0 Å². The molecule has 7 aromatic rings. The fourth-order valence-corrected chi connectivity index (χ4v) is 4.84. The second-order valence-electron chi connectivity index (χ2n) is 9.38. The third-order valence-corrected chi connectivity index (χ3v) is 6.76. The van der Waals surface area contributed by atoms with E-state index in [1.165, 1.54) is 5.56 Å². The van der Waals surface area contributed by atoms with E-state index in [0.29, 0.717) is 0 Å². The van der Waals surface area contributed by atoms with Crippen molar-refractivity contribution in [2.24, 2.45) is 0 Å². The van der Waals surface area contributed by atoms with Gasteiger partial charge in [0, 0.05) is 66.1 Å². The molecular weight excluding hydrogens is 484 g/mol.